The fourth-order valence-electron chi connectivity index (χ4n) is 2.31. The van der Waals surface area contributed by atoms with Gasteiger partial charge in [-0.25, -0.2) is 4.39 Å². The summed E-state index contributed by atoms with van der Waals surface area (Å²) in [5.41, 5.74) is 0.579. The van der Waals surface area contributed by atoms with Gasteiger partial charge in [-0.1, -0.05) is 11.6 Å². The van der Waals surface area contributed by atoms with E-state index in [1.807, 2.05) is 0 Å². The minimum absolute atomic E-state index is 0.310. The smallest absolute Gasteiger partial charge is 0.152 e. The molecule has 0 spiro atoms. The molecule has 1 N–H and O–H groups in total. The standard InChI is InChI=1S/C13H14ClFN4/c14-10-5-4-9(15)7-11(10)16-8-13-18-17-12-3-1-2-6-19(12)13/h4-5,7,16H,1-3,6,8H2. The predicted octanol–water partition coefficient (Wildman–Crippen LogP) is 3.02. The Morgan fingerprint density at radius 1 is 1.32 bits per heavy atom. The van der Waals surface area contributed by atoms with Crippen LogP contribution in [0.2, 0.25) is 5.02 Å². The quantitative estimate of drug-likeness (QED) is 0.940. The first-order valence-electron chi connectivity index (χ1n) is 6.34. The van der Waals surface area contributed by atoms with E-state index in [1.165, 1.54) is 18.6 Å². The van der Waals surface area contributed by atoms with Gasteiger partial charge >= 0.3 is 0 Å². The monoisotopic (exact) mass is 280 g/mol. The number of hydrogen-bond acceptors (Lipinski definition) is 3. The molecular formula is C13H14ClFN4. The zero-order valence-electron chi connectivity index (χ0n) is 10.4. The number of rotatable bonds is 3. The molecule has 0 aliphatic carbocycles. The van der Waals surface area contributed by atoms with E-state index >= 15 is 0 Å². The van der Waals surface area contributed by atoms with Gasteiger partial charge in [0, 0.05) is 13.0 Å². The third-order valence-electron chi connectivity index (χ3n) is 3.30. The maximum absolute atomic E-state index is 13.2. The highest BCUT2D eigenvalue weighted by Gasteiger charge is 2.15. The van der Waals surface area contributed by atoms with Crippen molar-refractivity contribution in [3.05, 3.63) is 40.7 Å². The van der Waals surface area contributed by atoms with Gasteiger partial charge in [0.1, 0.15) is 11.6 Å². The Morgan fingerprint density at radius 2 is 2.21 bits per heavy atom. The van der Waals surface area contributed by atoms with Crippen LogP contribution in [-0.4, -0.2) is 14.8 Å². The van der Waals surface area contributed by atoms with Crippen molar-refractivity contribution in [3.8, 4) is 0 Å². The highest BCUT2D eigenvalue weighted by atomic mass is 35.5. The normalized spacial score (nSPS) is 14.2. The maximum atomic E-state index is 13.2. The minimum atomic E-state index is -0.310. The first-order valence-corrected chi connectivity index (χ1v) is 6.72. The second-order valence-corrected chi connectivity index (χ2v) is 5.03. The summed E-state index contributed by atoms with van der Waals surface area (Å²) in [6.07, 6.45) is 3.30. The first kappa shape index (κ1) is 12.4. The molecule has 100 valence electrons. The molecule has 0 amide bonds. The van der Waals surface area contributed by atoms with E-state index in [0.717, 1.165) is 31.0 Å². The van der Waals surface area contributed by atoms with Crippen molar-refractivity contribution in [1.29, 1.82) is 0 Å². The number of aromatic nitrogens is 3. The topological polar surface area (TPSA) is 42.7 Å². The average molecular weight is 281 g/mol. The summed E-state index contributed by atoms with van der Waals surface area (Å²) in [7, 11) is 0. The van der Waals surface area contributed by atoms with Crippen molar-refractivity contribution in [2.24, 2.45) is 0 Å². The lowest BCUT2D eigenvalue weighted by Gasteiger charge is -2.15. The molecule has 0 radical (unpaired) electrons. The molecule has 2 aromatic rings. The number of fused-ring (bicyclic) bond motifs is 1. The summed E-state index contributed by atoms with van der Waals surface area (Å²) in [5, 5.41) is 12.0. The van der Waals surface area contributed by atoms with Crippen molar-refractivity contribution >= 4 is 17.3 Å². The summed E-state index contributed by atoms with van der Waals surface area (Å²) in [5.74, 6) is 1.60. The molecule has 1 aliphatic heterocycles. The van der Waals surface area contributed by atoms with Crippen molar-refractivity contribution < 1.29 is 4.39 Å². The van der Waals surface area contributed by atoms with Crippen LogP contribution in [0, 0.1) is 5.82 Å². The third kappa shape index (κ3) is 2.56. The number of benzene rings is 1. The Kier molecular flexibility index (Phi) is 3.38. The SMILES string of the molecule is Fc1ccc(Cl)c(NCc2nnc3n2CCCC3)c1. The van der Waals surface area contributed by atoms with Gasteiger partial charge in [-0.2, -0.15) is 0 Å². The van der Waals surface area contributed by atoms with Crippen LogP contribution in [0.25, 0.3) is 0 Å². The van der Waals surface area contributed by atoms with Gasteiger partial charge in [0.15, 0.2) is 5.82 Å². The minimum Gasteiger partial charge on any atom is -0.376 e. The summed E-state index contributed by atoms with van der Waals surface area (Å²) < 4.78 is 15.3. The van der Waals surface area contributed by atoms with Crippen LogP contribution in [0.15, 0.2) is 18.2 Å². The fraction of sp³-hybridized carbons (Fsp3) is 0.385. The lowest BCUT2D eigenvalue weighted by molar-refractivity contribution is 0.510. The molecule has 4 nitrogen and oxygen atoms in total. The van der Waals surface area contributed by atoms with Gasteiger partial charge in [0.2, 0.25) is 0 Å². The van der Waals surface area contributed by atoms with Crippen LogP contribution in [0.4, 0.5) is 10.1 Å². The Morgan fingerprint density at radius 3 is 3.11 bits per heavy atom. The number of aryl methyl sites for hydroxylation is 1. The van der Waals surface area contributed by atoms with Crippen molar-refractivity contribution in [3.63, 3.8) is 0 Å². The Labute approximate surface area is 115 Å². The summed E-state index contributed by atoms with van der Waals surface area (Å²) >= 11 is 6.01. The molecular weight excluding hydrogens is 267 g/mol. The zero-order valence-corrected chi connectivity index (χ0v) is 11.1. The predicted molar refractivity (Wildman–Crippen MR) is 71.7 cm³/mol. The second-order valence-electron chi connectivity index (χ2n) is 4.62. The molecule has 19 heavy (non-hydrogen) atoms. The van der Waals surface area contributed by atoms with Gasteiger partial charge in [-0.3, -0.25) is 0 Å². The first-order chi connectivity index (χ1) is 9.24. The number of halogens is 2. The Hall–Kier alpha value is -1.62. The van der Waals surface area contributed by atoms with Crippen molar-refractivity contribution in [2.75, 3.05) is 5.32 Å². The number of anilines is 1. The molecule has 6 heteroatoms. The van der Waals surface area contributed by atoms with Gasteiger partial charge < -0.3 is 9.88 Å². The highest BCUT2D eigenvalue weighted by molar-refractivity contribution is 6.33. The van der Waals surface area contributed by atoms with E-state index in [4.69, 9.17) is 11.6 Å². The molecule has 0 saturated carbocycles. The zero-order chi connectivity index (χ0) is 13.2. The van der Waals surface area contributed by atoms with E-state index in [-0.39, 0.29) is 5.82 Å². The summed E-state index contributed by atoms with van der Waals surface area (Å²) in [6.45, 7) is 1.45. The molecule has 3 rings (SSSR count). The van der Waals surface area contributed by atoms with Crippen LogP contribution in [0.3, 0.4) is 0 Å². The van der Waals surface area contributed by atoms with Crippen molar-refractivity contribution in [2.45, 2.75) is 32.4 Å². The van der Waals surface area contributed by atoms with E-state index in [1.54, 1.807) is 6.07 Å². The third-order valence-corrected chi connectivity index (χ3v) is 3.63. The van der Waals surface area contributed by atoms with E-state index in [0.29, 0.717) is 17.3 Å². The van der Waals surface area contributed by atoms with Gasteiger partial charge in [0.05, 0.1) is 17.3 Å². The van der Waals surface area contributed by atoms with Crippen LogP contribution in [0.1, 0.15) is 24.5 Å². The number of hydrogen-bond donors (Lipinski definition) is 1. The largest absolute Gasteiger partial charge is 0.376 e. The highest BCUT2D eigenvalue weighted by Crippen LogP contribution is 2.23. The van der Waals surface area contributed by atoms with Crippen molar-refractivity contribution in [1.82, 2.24) is 14.8 Å². The molecule has 1 aromatic heterocycles. The number of nitrogens with one attached hydrogen (secondary N) is 1. The van der Waals surface area contributed by atoms with E-state index in [2.05, 4.69) is 20.1 Å². The van der Waals surface area contributed by atoms with Crippen LogP contribution < -0.4 is 5.32 Å². The lowest BCUT2D eigenvalue weighted by atomic mass is 10.2. The number of nitrogens with zero attached hydrogens (tertiary/aromatic N) is 3. The Balaban J connectivity index is 1.75. The molecule has 1 aromatic carbocycles. The second kappa shape index (κ2) is 5.17. The summed E-state index contributed by atoms with van der Waals surface area (Å²) in [6, 6.07) is 4.26. The van der Waals surface area contributed by atoms with Crippen LogP contribution in [0.5, 0.6) is 0 Å². The average Bonchev–Trinajstić information content (AvgIpc) is 2.83. The maximum Gasteiger partial charge on any atom is 0.152 e. The van der Waals surface area contributed by atoms with Gasteiger partial charge in [-0.15, -0.1) is 10.2 Å². The van der Waals surface area contributed by atoms with Gasteiger partial charge in [0.25, 0.3) is 0 Å². The molecule has 1 aliphatic rings. The molecule has 0 saturated heterocycles. The molecule has 0 atom stereocenters. The lowest BCUT2D eigenvalue weighted by Crippen LogP contribution is -2.15. The van der Waals surface area contributed by atoms with E-state index < -0.39 is 0 Å². The Bertz CT molecular complexity index is 596. The fourth-order valence-corrected chi connectivity index (χ4v) is 2.49. The molecule has 2 heterocycles. The molecule has 0 fully saturated rings. The van der Waals surface area contributed by atoms with E-state index in [9.17, 15) is 4.39 Å². The van der Waals surface area contributed by atoms with Gasteiger partial charge in [-0.05, 0) is 31.0 Å². The summed E-state index contributed by atoms with van der Waals surface area (Å²) in [4.78, 5) is 0. The van der Waals surface area contributed by atoms with Crippen LogP contribution in [-0.2, 0) is 19.5 Å². The molecule has 0 bridgehead atoms. The van der Waals surface area contributed by atoms with Crippen LogP contribution >= 0.6 is 11.6 Å². The molecule has 0 unspecified atom stereocenters.